The standard InChI is InChI=1S/C22H19FN4O2S/c1-2-11-27-21(29)20-19(16-5-3-4-6-17(16)25-20)26-22(27)30-13-18(28)24-12-14-7-9-15(23)10-8-14/h2-10,25H,1,11-13H2,(H,24,28). The van der Waals surface area contributed by atoms with Gasteiger partial charge >= 0.3 is 0 Å². The lowest BCUT2D eigenvalue weighted by Gasteiger charge is -2.10. The minimum atomic E-state index is -0.320. The fourth-order valence-electron chi connectivity index (χ4n) is 3.16. The molecule has 2 aromatic carbocycles. The number of benzene rings is 2. The zero-order valence-corrected chi connectivity index (χ0v) is 16.8. The summed E-state index contributed by atoms with van der Waals surface area (Å²) in [5.74, 6) is -0.430. The van der Waals surface area contributed by atoms with E-state index in [1.54, 1.807) is 18.2 Å². The number of nitrogens with one attached hydrogen (secondary N) is 2. The van der Waals surface area contributed by atoms with Gasteiger partial charge in [-0.3, -0.25) is 14.2 Å². The maximum atomic E-state index is 13.0. The van der Waals surface area contributed by atoms with Crippen LogP contribution in [0.2, 0.25) is 0 Å². The minimum Gasteiger partial charge on any atom is -0.351 e. The Bertz CT molecular complexity index is 1290. The molecule has 0 aliphatic rings. The number of hydrogen-bond acceptors (Lipinski definition) is 4. The number of rotatable bonds is 7. The first-order valence-corrected chi connectivity index (χ1v) is 10.3. The topological polar surface area (TPSA) is 79.8 Å². The SMILES string of the molecule is C=CCn1c(SCC(=O)NCc2ccc(F)cc2)nc2c([nH]c3ccccc32)c1=O. The van der Waals surface area contributed by atoms with E-state index in [1.165, 1.54) is 28.5 Å². The first kappa shape index (κ1) is 19.9. The Labute approximate surface area is 175 Å². The van der Waals surface area contributed by atoms with Crippen molar-refractivity contribution < 1.29 is 9.18 Å². The number of allylic oxidation sites excluding steroid dienone is 1. The van der Waals surface area contributed by atoms with E-state index in [-0.39, 0.29) is 29.6 Å². The number of carbonyl (C=O) groups is 1. The Morgan fingerprint density at radius 3 is 2.77 bits per heavy atom. The Balaban J connectivity index is 1.56. The van der Waals surface area contributed by atoms with Gasteiger partial charge < -0.3 is 10.3 Å². The molecule has 2 heterocycles. The van der Waals surface area contributed by atoms with Crippen molar-refractivity contribution in [2.24, 2.45) is 0 Å². The predicted octanol–water partition coefficient (Wildman–Crippen LogP) is 3.61. The molecule has 4 aromatic rings. The molecule has 6 nitrogen and oxygen atoms in total. The van der Waals surface area contributed by atoms with E-state index in [9.17, 15) is 14.0 Å². The summed E-state index contributed by atoms with van der Waals surface area (Å²) in [6.07, 6.45) is 1.62. The maximum Gasteiger partial charge on any atom is 0.278 e. The zero-order valence-electron chi connectivity index (χ0n) is 16.0. The van der Waals surface area contributed by atoms with Crippen LogP contribution < -0.4 is 10.9 Å². The van der Waals surface area contributed by atoms with Crippen LogP contribution in [0.1, 0.15) is 5.56 Å². The highest BCUT2D eigenvalue weighted by Crippen LogP contribution is 2.24. The van der Waals surface area contributed by atoms with Gasteiger partial charge in [0.2, 0.25) is 5.91 Å². The third-order valence-corrected chi connectivity index (χ3v) is 5.60. The number of H-pyrrole nitrogens is 1. The Hall–Kier alpha value is -3.39. The molecule has 0 saturated carbocycles. The van der Waals surface area contributed by atoms with E-state index >= 15 is 0 Å². The third kappa shape index (κ3) is 3.99. The van der Waals surface area contributed by atoms with Gasteiger partial charge in [-0.2, -0.15) is 0 Å². The molecule has 4 rings (SSSR count). The fraction of sp³-hybridized carbons (Fsp3) is 0.136. The van der Waals surface area contributed by atoms with Crippen LogP contribution >= 0.6 is 11.8 Å². The molecule has 8 heteroatoms. The number of aromatic amines is 1. The Kier molecular flexibility index (Phi) is 5.67. The van der Waals surface area contributed by atoms with E-state index in [1.807, 2.05) is 24.3 Å². The van der Waals surface area contributed by atoms with Gasteiger partial charge in [-0.15, -0.1) is 6.58 Å². The highest BCUT2D eigenvalue weighted by Gasteiger charge is 2.16. The van der Waals surface area contributed by atoms with Gasteiger partial charge in [-0.25, -0.2) is 9.37 Å². The number of fused-ring (bicyclic) bond motifs is 3. The number of para-hydroxylation sites is 1. The molecule has 0 unspecified atom stereocenters. The van der Waals surface area contributed by atoms with Crippen LogP contribution in [-0.2, 0) is 17.9 Å². The normalized spacial score (nSPS) is 11.1. The van der Waals surface area contributed by atoms with Crippen molar-refractivity contribution in [3.05, 3.63) is 82.9 Å². The summed E-state index contributed by atoms with van der Waals surface area (Å²) in [5, 5.41) is 4.10. The second kappa shape index (κ2) is 8.54. The molecule has 0 fully saturated rings. The van der Waals surface area contributed by atoms with Gasteiger partial charge in [-0.1, -0.05) is 48.2 Å². The number of nitrogens with zero attached hydrogens (tertiary/aromatic N) is 2. The van der Waals surface area contributed by atoms with Crippen LogP contribution in [0.4, 0.5) is 4.39 Å². The van der Waals surface area contributed by atoms with E-state index < -0.39 is 0 Å². The van der Waals surface area contributed by atoms with Gasteiger partial charge in [0.15, 0.2) is 5.16 Å². The summed E-state index contributed by atoms with van der Waals surface area (Å²) < 4.78 is 14.5. The van der Waals surface area contributed by atoms with E-state index in [4.69, 9.17) is 0 Å². The smallest absolute Gasteiger partial charge is 0.278 e. The average molecular weight is 422 g/mol. The number of aromatic nitrogens is 3. The molecule has 0 bridgehead atoms. The third-order valence-electron chi connectivity index (χ3n) is 4.62. The molecule has 0 aliphatic carbocycles. The molecule has 0 saturated heterocycles. The minimum absolute atomic E-state index is 0.0959. The summed E-state index contributed by atoms with van der Waals surface area (Å²) in [6.45, 7) is 4.30. The van der Waals surface area contributed by atoms with Crippen LogP contribution in [0.5, 0.6) is 0 Å². The van der Waals surface area contributed by atoms with Crippen molar-refractivity contribution in [2.75, 3.05) is 5.75 Å². The van der Waals surface area contributed by atoms with E-state index in [2.05, 4.69) is 21.9 Å². The van der Waals surface area contributed by atoms with Crippen LogP contribution in [0.15, 0.2) is 71.1 Å². The van der Waals surface area contributed by atoms with Crippen LogP contribution in [0.3, 0.4) is 0 Å². The highest BCUT2D eigenvalue weighted by molar-refractivity contribution is 7.99. The quantitative estimate of drug-likeness (QED) is 0.271. The van der Waals surface area contributed by atoms with Crippen molar-refractivity contribution in [1.29, 1.82) is 0 Å². The molecule has 0 aliphatic heterocycles. The van der Waals surface area contributed by atoms with Crippen molar-refractivity contribution in [3.63, 3.8) is 0 Å². The van der Waals surface area contributed by atoms with Gasteiger partial charge in [0.25, 0.3) is 5.56 Å². The number of halogens is 1. The largest absolute Gasteiger partial charge is 0.351 e. The molecular weight excluding hydrogens is 403 g/mol. The average Bonchev–Trinajstić information content (AvgIpc) is 3.13. The molecule has 0 spiro atoms. The van der Waals surface area contributed by atoms with Gasteiger partial charge in [0.05, 0.1) is 5.75 Å². The summed E-state index contributed by atoms with van der Waals surface area (Å²) >= 11 is 1.19. The second-order valence-electron chi connectivity index (χ2n) is 6.68. The zero-order chi connectivity index (χ0) is 21.1. The van der Waals surface area contributed by atoms with Crippen molar-refractivity contribution >= 4 is 39.6 Å². The number of carbonyl (C=O) groups excluding carboxylic acids is 1. The molecule has 30 heavy (non-hydrogen) atoms. The van der Waals surface area contributed by atoms with Crippen molar-refractivity contribution in [3.8, 4) is 0 Å². The Morgan fingerprint density at radius 2 is 2.00 bits per heavy atom. The van der Waals surface area contributed by atoms with Crippen LogP contribution in [0, 0.1) is 5.82 Å². The number of amides is 1. The predicted molar refractivity (Wildman–Crippen MR) is 117 cm³/mol. The van der Waals surface area contributed by atoms with Gasteiger partial charge in [0.1, 0.15) is 16.9 Å². The summed E-state index contributed by atoms with van der Waals surface area (Å²) in [6, 6.07) is 13.5. The van der Waals surface area contributed by atoms with Crippen LogP contribution in [0.25, 0.3) is 21.9 Å². The van der Waals surface area contributed by atoms with Crippen molar-refractivity contribution in [2.45, 2.75) is 18.2 Å². The lowest BCUT2D eigenvalue weighted by molar-refractivity contribution is -0.118. The monoisotopic (exact) mass is 422 g/mol. The molecule has 0 radical (unpaired) electrons. The highest BCUT2D eigenvalue weighted by atomic mass is 32.2. The van der Waals surface area contributed by atoms with Gasteiger partial charge in [-0.05, 0) is 23.8 Å². The molecule has 0 atom stereocenters. The molecule has 2 aromatic heterocycles. The van der Waals surface area contributed by atoms with E-state index in [0.29, 0.717) is 22.7 Å². The van der Waals surface area contributed by atoms with E-state index in [0.717, 1.165) is 16.5 Å². The number of hydrogen-bond donors (Lipinski definition) is 2. The summed E-state index contributed by atoms with van der Waals surface area (Å²) in [7, 11) is 0. The number of thioether (sulfide) groups is 1. The lowest BCUT2D eigenvalue weighted by atomic mass is 10.2. The molecule has 1 amide bonds. The first-order chi connectivity index (χ1) is 14.6. The Morgan fingerprint density at radius 1 is 1.23 bits per heavy atom. The second-order valence-corrected chi connectivity index (χ2v) is 7.63. The van der Waals surface area contributed by atoms with Crippen molar-refractivity contribution in [1.82, 2.24) is 19.9 Å². The summed E-state index contributed by atoms with van der Waals surface area (Å²) in [5.41, 5.74) is 2.46. The van der Waals surface area contributed by atoms with Gasteiger partial charge in [0, 0.05) is 24.0 Å². The lowest BCUT2D eigenvalue weighted by Crippen LogP contribution is -2.26. The molecule has 152 valence electrons. The maximum absolute atomic E-state index is 13.0. The molecular formula is C22H19FN4O2S. The first-order valence-electron chi connectivity index (χ1n) is 9.33. The van der Waals surface area contributed by atoms with Crippen LogP contribution in [-0.4, -0.2) is 26.2 Å². The molecule has 2 N–H and O–H groups in total. The summed E-state index contributed by atoms with van der Waals surface area (Å²) in [4.78, 5) is 33.1. The fourth-order valence-corrected chi connectivity index (χ4v) is 3.99.